The van der Waals surface area contributed by atoms with E-state index in [1.54, 1.807) is 0 Å². The van der Waals surface area contributed by atoms with E-state index in [1.807, 2.05) is 0 Å². The fourth-order valence-corrected chi connectivity index (χ4v) is 0.127. The van der Waals surface area contributed by atoms with Crippen LogP contribution in [-0.4, -0.2) is 11.2 Å². The molecule has 0 saturated carbocycles. The van der Waals surface area contributed by atoms with Crippen molar-refractivity contribution < 1.29 is 13.9 Å². The SMILES string of the molecule is O=COC(F)(Cl)Cl. The quantitative estimate of drug-likeness (QED) is 0.433. The van der Waals surface area contributed by atoms with Crippen molar-refractivity contribution in [3.8, 4) is 0 Å². The Kier molecular flexibility index (Phi) is 2.32. The minimum atomic E-state index is -2.87. The summed E-state index contributed by atoms with van der Waals surface area (Å²) in [7, 11) is 0. The first kappa shape index (κ1) is 6.98. The summed E-state index contributed by atoms with van der Waals surface area (Å²) >= 11 is 8.96. The van der Waals surface area contributed by atoms with Crippen LogP contribution in [0.2, 0.25) is 0 Å². The highest BCUT2D eigenvalue weighted by Crippen LogP contribution is 2.21. The molecular weight excluding hydrogens is 146 g/mol. The summed E-state index contributed by atoms with van der Waals surface area (Å²) < 4.78 is 12.0. The van der Waals surface area contributed by atoms with Gasteiger partial charge in [0.1, 0.15) is 0 Å². The maximum Gasteiger partial charge on any atom is 0.412 e. The lowest BCUT2D eigenvalue weighted by Gasteiger charge is -2.02. The topological polar surface area (TPSA) is 26.3 Å². The maximum atomic E-state index is 11.5. The number of hydrogen-bond acceptors (Lipinski definition) is 2. The van der Waals surface area contributed by atoms with E-state index in [0.717, 1.165) is 0 Å². The third-order valence-corrected chi connectivity index (χ3v) is 0.360. The number of halogens is 3. The Morgan fingerprint density at radius 1 is 1.71 bits per heavy atom. The lowest BCUT2D eigenvalue weighted by atomic mass is 11.4. The third-order valence-electron chi connectivity index (χ3n) is 0.182. The highest BCUT2D eigenvalue weighted by Gasteiger charge is 2.22. The Hall–Kier alpha value is -0.0200. The average Bonchev–Trinajstić information content (AvgIpc) is 1.30. The molecule has 0 spiro atoms. The number of carbonyl (C=O) groups is 1. The molecule has 0 unspecified atom stereocenters. The standard InChI is InChI=1S/C2HCl2FO2/c3-2(4,5)7-1-6/h1H. The fourth-order valence-electron chi connectivity index (χ4n) is 0.0546. The maximum absolute atomic E-state index is 11.5. The molecule has 0 saturated heterocycles. The van der Waals surface area contributed by atoms with Crippen LogP contribution in [0.3, 0.4) is 0 Å². The van der Waals surface area contributed by atoms with Crippen molar-refractivity contribution in [1.82, 2.24) is 0 Å². The Labute approximate surface area is 49.2 Å². The molecule has 2 nitrogen and oxygen atoms in total. The smallest absolute Gasteiger partial charge is 0.404 e. The molecule has 0 aliphatic rings. The van der Waals surface area contributed by atoms with Crippen LogP contribution < -0.4 is 0 Å². The van der Waals surface area contributed by atoms with E-state index in [-0.39, 0.29) is 6.47 Å². The van der Waals surface area contributed by atoms with Crippen LogP contribution in [0.5, 0.6) is 0 Å². The van der Waals surface area contributed by atoms with Crippen molar-refractivity contribution in [2.75, 3.05) is 0 Å². The van der Waals surface area contributed by atoms with Gasteiger partial charge < -0.3 is 4.74 Å². The van der Waals surface area contributed by atoms with Crippen LogP contribution >= 0.6 is 23.2 Å². The zero-order chi connectivity index (χ0) is 5.91. The molecule has 0 aromatic rings. The molecule has 0 rings (SSSR count). The molecule has 0 amide bonds. The zero-order valence-corrected chi connectivity index (χ0v) is 4.54. The number of alkyl halides is 3. The van der Waals surface area contributed by atoms with Crippen molar-refractivity contribution in [1.29, 1.82) is 0 Å². The summed E-state index contributed by atoms with van der Waals surface area (Å²) in [5, 5.41) is 0. The van der Waals surface area contributed by atoms with E-state index in [2.05, 4.69) is 27.9 Å². The lowest BCUT2D eigenvalue weighted by molar-refractivity contribution is -0.138. The molecule has 0 aliphatic heterocycles. The van der Waals surface area contributed by atoms with Gasteiger partial charge in [-0.3, -0.25) is 4.79 Å². The van der Waals surface area contributed by atoms with Crippen LogP contribution in [0.1, 0.15) is 0 Å². The van der Waals surface area contributed by atoms with Crippen LogP contribution in [0.25, 0.3) is 0 Å². The summed E-state index contributed by atoms with van der Waals surface area (Å²) in [6.07, 6.45) is 0. The van der Waals surface area contributed by atoms with Crippen molar-refractivity contribution in [2.24, 2.45) is 0 Å². The largest absolute Gasteiger partial charge is 0.412 e. The zero-order valence-electron chi connectivity index (χ0n) is 3.03. The number of carbonyl (C=O) groups excluding carboxylic acids is 1. The van der Waals surface area contributed by atoms with Crippen molar-refractivity contribution in [3.05, 3.63) is 0 Å². The van der Waals surface area contributed by atoms with E-state index >= 15 is 0 Å². The van der Waals surface area contributed by atoms with E-state index in [9.17, 15) is 9.18 Å². The van der Waals surface area contributed by atoms with E-state index in [0.29, 0.717) is 0 Å². The van der Waals surface area contributed by atoms with Gasteiger partial charge >= 0.3 is 4.77 Å². The number of rotatable bonds is 2. The molecular formula is C2HCl2FO2. The van der Waals surface area contributed by atoms with Gasteiger partial charge in [0, 0.05) is 0 Å². The molecule has 0 bridgehead atoms. The van der Waals surface area contributed by atoms with E-state index in [4.69, 9.17) is 0 Å². The van der Waals surface area contributed by atoms with Gasteiger partial charge in [-0.15, -0.1) is 0 Å². The molecule has 0 aromatic carbocycles. The minimum absolute atomic E-state index is 0.181. The molecule has 0 N–H and O–H groups in total. The molecule has 7 heavy (non-hydrogen) atoms. The first-order valence-electron chi connectivity index (χ1n) is 1.24. The van der Waals surface area contributed by atoms with E-state index in [1.165, 1.54) is 0 Å². The first-order chi connectivity index (χ1) is 3.06. The Morgan fingerprint density at radius 2 is 2.14 bits per heavy atom. The van der Waals surface area contributed by atoms with E-state index < -0.39 is 4.77 Å². The Bertz CT molecular complexity index is 68.6. The molecule has 0 radical (unpaired) electrons. The van der Waals surface area contributed by atoms with Gasteiger partial charge in [0.05, 0.1) is 0 Å². The molecule has 42 valence electrons. The average molecular weight is 147 g/mol. The number of hydrogen-bond donors (Lipinski definition) is 0. The van der Waals surface area contributed by atoms with Crippen molar-refractivity contribution in [2.45, 2.75) is 4.77 Å². The predicted molar refractivity (Wildman–Crippen MR) is 22.7 cm³/mol. The predicted octanol–water partition coefficient (Wildman–Crippen LogP) is 1.22. The van der Waals surface area contributed by atoms with Crippen LogP contribution in [-0.2, 0) is 9.53 Å². The Balaban J connectivity index is 3.34. The molecule has 0 atom stereocenters. The summed E-state index contributed by atoms with van der Waals surface area (Å²) in [4.78, 5) is 9.19. The Morgan fingerprint density at radius 3 is 2.14 bits per heavy atom. The molecule has 0 aromatic heterocycles. The first-order valence-corrected chi connectivity index (χ1v) is 2.00. The van der Waals surface area contributed by atoms with Gasteiger partial charge in [-0.05, 0) is 23.2 Å². The second-order valence-corrected chi connectivity index (χ2v) is 1.83. The number of ether oxygens (including phenoxy) is 1. The minimum Gasteiger partial charge on any atom is -0.404 e. The highest BCUT2D eigenvalue weighted by atomic mass is 35.5. The van der Waals surface area contributed by atoms with Crippen molar-refractivity contribution >= 4 is 29.7 Å². The fraction of sp³-hybridized carbons (Fsp3) is 0.500. The van der Waals surface area contributed by atoms with Gasteiger partial charge in [-0.2, -0.15) is 4.39 Å². The molecule has 0 heterocycles. The third kappa shape index (κ3) is 5.98. The lowest BCUT2D eigenvalue weighted by Crippen LogP contribution is -2.07. The summed E-state index contributed by atoms with van der Waals surface area (Å²) in [6, 6.07) is 0. The van der Waals surface area contributed by atoms with Crippen LogP contribution in [0.4, 0.5) is 4.39 Å². The van der Waals surface area contributed by atoms with Gasteiger partial charge in [0.25, 0.3) is 6.47 Å². The van der Waals surface area contributed by atoms with Crippen molar-refractivity contribution in [3.63, 3.8) is 0 Å². The normalized spacial score (nSPS) is 10.7. The van der Waals surface area contributed by atoms with Crippen LogP contribution in [0.15, 0.2) is 0 Å². The van der Waals surface area contributed by atoms with Gasteiger partial charge in [0.2, 0.25) is 0 Å². The highest BCUT2D eigenvalue weighted by molar-refractivity contribution is 6.46. The molecule has 0 fully saturated rings. The second kappa shape index (κ2) is 2.33. The van der Waals surface area contributed by atoms with Crippen LogP contribution in [0, 0.1) is 0 Å². The summed E-state index contributed by atoms with van der Waals surface area (Å²) in [5.74, 6) is 0. The molecule has 5 heteroatoms. The van der Waals surface area contributed by atoms with Gasteiger partial charge in [0.15, 0.2) is 0 Å². The summed E-state index contributed by atoms with van der Waals surface area (Å²) in [5.41, 5.74) is 0. The van der Waals surface area contributed by atoms with Gasteiger partial charge in [-0.1, -0.05) is 0 Å². The summed E-state index contributed by atoms with van der Waals surface area (Å²) in [6.45, 7) is -0.181. The monoisotopic (exact) mass is 146 g/mol. The second-order valence-electron chi connectivity index (χ2n) is 0.660. The molecule has 0 aliphatic carbocycles. The van der Waals surface area contributed by atoms with Gasteiger partial charge in [-0.25, -0.2) is 0 Å².